The Morgan fingerprint density at radius 2 is 1.90 bits per heavy atom. The Kier molecular flexibility index (Phi) is 8.27. The highest BCUT2D eigenvalue weighted by atomic mass is 79.9. The second-order valence-corrected chi connectivity index (χ2v) is 11.5. The van der Waals surface area contributed by atoms with Crippen LogP contribution in [0.4, 0.5) is 5.69 Å². The average molecular weight is 535 g/mol. The minimum absolute atomic E-state index is 0.0522. The third-order valence-electron chi connectivity index (χ3n) is 4.11. The molecule has 0 aromatic heterocycles. The summed E-state index contributed by atoms with van der Waals surface area (Å²) in [5, 5.41) is 11.7. The van der Waals surface area contributed by atoms with Gasteiger partial charge in [0.2, 0.25) is 7.37 Å². The molecule has 0 N–H and O–H groups in total. The van der Waals surface area contributed by atoms with Crippen molar-refractivity contribution in [3.63, 3.8) is 0 Å². The van der Waals surface area contributed by atoms with Gasteiger partial charge in [-0.3, -0.25) is 24.0 Å². The molecule has 0 bridgehead atoms. The van der Waals surface area contributed by atoms with E-state index in [-0.39, 0.29) is 22.9 Å². The highest BCUT2D eigenvalue weighted by molar-refractivity contribution is 9.10. The van der Waals surface area contributed by atoms with Crippen molar-refractivity contribution < 1.29 is 28.3 Å². The first-order valence-electron chi connectivity index (χ1n) is 9.20. The molecule has 0 saturated carbocycles. The summed E-state index contributed by atoms with van der Waals surface area (Å²) in [6.07, 6.45) is -0.0522. The fourth-order valence-corrected chi connectivity index (χ4v) is 4.82. The van der Waals surface area contributed by atoms with Gasteiger partial charge in [-0.05, 0) is 45.0 Å². The van der Waals surface area contributed by atoms with Crippen molar-refractivity contribution in [2.75, 3.05) is 13.0 Å². The second kappa shape index (κ2) is 10.1. The first kappa shape index (κ1) is 25.3. The fourth-order valence-electron chi connectivity index (χ4n) is 2.39. The Balaban J connectivity index is 2.36. The van der Waals surface area contributed by atoms with Crippen molar-refractivity contribution in [2.24, 2.45) is 5.41 Å². The van der Waals surface area contributed by atoms with Crippen LogP contribution in [0, 0.1) is 15.5 Å². The first-order valence-corrected chi connectivity index (χ1v) is 12.2. The van der Waals surface area contributed by atoms with E-state index in [0.29, 0.717) is 10.8 Å². The van der Waals surface area contributed by atoms with Gasteiger partial charge >= 0.3 is 5.97 Å². The maximum atomic E-state index is 13.5. The molecule has 0 aliphatic rings. The molecule has 2 aromatic rings. The van der Waals surface area contributed by atoms with Crippen LogP contribution in [0.1, 0.15) is 27.7 Å². The number of halogens is 2. The van der Waals surface area contributed by atoms with E-state index in [1.54, 1.807) is 45.9 Å². The number of esters is 1. The molecule has 2 aromatic carbocycles. The molecule has 11 heteroatoms. The molecule has 1 atom stereocenters. The number of carbonyl (C=O) groups is 1. The molecule has 168 valence electrons. The van der Waals surface area contributed by atoms with Crippen molar-refractivity contribution in [3.05, 3.63) is 56.0 Å². The van der Waals surface area contributed by atoms with Crippen LogP contribution < -0.4 is 10.0 Å². The molecule has 2 rings (SSSR count). The van der Waals surface area contributed by atoms with Crippen LogP contribution in [0.15, 0.2) is 40.9 Å². The minimum atomic E-state index is -3.74. The fraction of sp³-hybridized carbons (Fsp3) is 0.350. The standard InChI is InChI=1S/C20H22BrClNO7P/c1-5-31(27,29-12-28-19(24)20(2,3)4)18-11-14(7-8-16(18)23(25)26)30-17-9-6-13(21)10-15(17)22/h6-11H,5,12H2,1-4H3. The van der Waals surface area contributed by atoms with Crippen LogP contribution in [0.25, 0.3) is 0 Å². The largest absolute Gasteiger partial charge is 0.456 e. The van der Waals surface area contributed by atoms with E-state index < -0.39 is 30.5 Å². The molecule has 0 amide bonds. The Hall–Kier alpha value is -1.93. The molecule has 1 unspecified atom stereocenters. The van der Waals surface area contributed by atoms with Gasteiger partial charge in [0.15, 0.2) is 6.79 Å². The monoisotopic (exact) mass is 533 g/mol. The number of benzene rings is 2. The number of rotatable bonds is 8. The van der Waals surface area contributed by atoms with Crippen LogP contribution >= 0.6 is 34.9 Å². The van der Waals surface area contributed by atoms with Gasteiger partial charge < -0.3 is 9.47 Å². The van der Waals surface area contributed by atoms with E-state index >= 15 is 0 Å². The second-order valence-electron chi connectivity index (χ2n) is 7.50. The Morgan fingerprint density at radius 1 is 1.23 bits per heavy atom. The van der Waals surface area contributed by atoms with Crippen LogP contribution in [0.5, 0.6) is 11.5 Å². The van der Waals surface area contributed by atoms with Crippen LogP contribution in [-0.4, -0.2) is 23.8 Å². The molecule has 0 saturated heterocycles. The van der Waals surface area contributed by atoms with Crippen LogP contribution in [0.2, 0.25) is 5.02 Å². The third kappa shape index (κ3) is 6.53. The topological polar surface area (TPSA) is 105 Å². The molecular weight excluding hydrogens is 513 g/mol. The van der Waals surface area contributed by atoms with Gasteiger partial charge in [-0.25, -0.2) is 0 Å². The number of ether oxygens (including phenoxy) is 2. The Morgan fingerprint density at radius 3 is 2.45 bits per heavy atom. The maximum Gasteiger partial charge on any atom is 0.313 e. The number of hydrogen-bond acceptors (Lipinski definition) is 7. The minimum Gasteiger partial charge on any atom is -0.456 e. The summed E-state index contributed by atoms with van der Waals surface area (Å²) in [6, 6.07) is 8.82. The van der Waals surface area contributed by atoms with E-state index in [1.807, 2.05) is 0 Å². The van der Waals surface area contributed by atoms with Crippen molar-refractivity contribution in [1.82, 2.24) is 0 Å². The molecule has 0 aliphatic carbocycles. The summed E-state index contributed by atoms with van der Waals surface area (Å²) < 4.78 is 30.3. The highest BCUT2D eigenvalue weighted by Crippen LogP contribution is 2.48. The lowest BCUT2D eigenvalue weighted by Crippen LogP contribution is -2.24. The van der Waals surface area contributed by atoms with E-state index in [4.69, 9.17) is 25.6 Å². The quantitative estimate of drug-likeness (QED) is 0.129. The molecule has 31 heavy (non-hydrogen) atoms. The lowest BCUT2D eigenvalue weighted by atomic mass is 9.98. The van der Waals surface area contributed by atoms with Crippen LogP contribution in [-0.2, 0) is 18.6 Å². The summed E-state index contributed by atoms with van der Waals surface area (Å²) in [4.78, 5) is 22.8. The van der Waals surface area contributed by atoms with Gasteiger partial charge in [-0.15, -0.1) is 0 Å². The van der Waals surface area contributed by atoms with E-state index in [9.17, 15) is 19.5 Å². The first-order chi connectivity index (χ1) is 14.4. The number of nitro groups is 1. The van der Waals surface area contributed by atoms with Gasteiger partial charge in [-0.2, -0.15) is 0 Å². The third-order valence-corrected chi connectivity index (χ3v) is 7.35. The molecule has 0 aliphatic heterocycles. The van der Waals surface area contributed by atoms with E-state index in [2.05, 4.69) is 15.9 Å². The van der Waals surface area contributed by atoms with Gasteiger partial charge in [0.05, 0.1) is 15.4 Å². The normalized spacial score (nSPS) is 13.4. The zero-order chi connectivity index (χ0) is 23.4. The van der Waals surface area contributed by atoms with Crippen LogP contribution in [0.3, 0.4) is 0 Å². The predicted molar refractivity (Wildman–Crippen MR) is 122 cm³/mol. The van der Waals surface area contributed by atoms with Gasteiger partial charge in [0.25, 0.3) is 5.69 Å². The molecular formula is C20H22BrClNO7P. The zero-order valence-electron chi connectivity index (χ0n) is 17.4. The van der Waals surface area contributed by atoms with Gasteiger partial charge in [0, 0.05) is 22.8 Å². The molecule has 0 radical (unpaired) electrons. The molecule has 8 nitrogen and oxygen atoms in total. The molecule has 0 spiro atoms. The van der Waals surface area contributed by atoms with Crippen molar-refractivity contribution in [2.45, 2.75) is 27.7 Å². The Bertz CT molecular complexity index is 1040. The van der Waals surface area contributed by atoms with Gasteiger partial charge in [0.1, 0.15) is 16.8 Å². The van der Waals surface area contributed by atoms with Crippen molar-refractivity contribution in [3.8, 4) is 11.5 Å². The van der Waals surface area contributed by atoms with Crippen molar-refractivity contribution >= 4 is 51.9 Å². The summed E-state index contributed by atoms with van der Waals surface area (Å²) >= 11 is 9.46. The Labute approximate surface area is 193 Å². The zero-order valence-corrected chi connectivity index (χ0v) is 20.6. The van der Waals surface area contributed by atoms with Gasteiger partial charge in [-0.1, -0.05) is 34.5 Å². The lowest BCUT2D eigenvalue weighted by molar-refractivity contribution is -0.383. The molecule has 0 fully saturated rings. The maximum absolute atomic E-state index is 13.5. The lowest BCUT2D eigenvalue weighted by Gasteiger charge is -2.20. The summed E-state index contributed by atoms with van der Waals surface area (Å²) in [6.45, 7) is 5.95. The van der Waals surface area contributed by atoms with Crippen molar-refractivity contribution in [1.29, 1.82) is 0 Å². The van der Waals surface area contributed by atoms with E-state index in [0.717, 1.165) is 4.47 Å². The number of nitro benzene ring substituents is 1. The number of carbonyl (C=O) groups excluding carboxylic acids is 1. The summed E-state index contributed by atoms with van der Waals surface area (Å²) in [7, 11) is -3.74. The van der Waals surface area contributed by atoms with E-state index in [1.165, 1.54) is 18.2 Å². The molecule has 0 heterocycles. The summed E-state index contributed by atoms with van der Waals surface area (Å²) in [5.74, 6) is -0.0450. The average Bonchev–Trinajstić information content (AvgIpc) is 2.69. The number of hydrogen-bond donors (Lipinski definition) is 0. The summed E-state index contributed by atoms with van der Waals surface area (Å²) in [5.41, 5.74) is -1.16. The highest BCUT2D eigenvalue weighted by Gasteiger charge is 2.34. The predicted octanol–water partition coefficient (Wildman–Crippen LogP) is 6.29. The number of nitrogens with zero attached hydrogens (tertiary/aromatic N) is 1. The smallest absolute Gasteiger partial charge is 0.313 e. The SMILES string of the molecule is CCP(=O)(OCOC(=O)C(C)(C)C)c1cc(Oc2ccc(Br)cc2Cl)ccc1[N+](=O)[O-].